The molecule has 0 aliphatic heterocycles. The van der Waals surface area contributed by atoms with Gasteiger partial charge in [0.25, 0.3) is 0 Å². The highest BCUT2D eigenvalue weighted by Gasteiger charge is 2.10. The minimum Gasteiger partial charge on any atom is -0.493 e. The van der Waals surface area contributed by atoms with Crippen molar-refractivity contribution in [2.75, 3.05) is 7.11 Å². The standard InChI is InChI=1S/C14H10ClFO3/c1-18-14-7-10(15)3-5-13(14)19-12-4-2-9(8-17)6-11(12)16/h2-8H,1H3. The van der Waals surface area contributed by atoms with Crippen molar-refractivity contribution in [2.24, 2.45) is 0 Å². The summed E-state index contributed by atoms with van der Waals surface area (Å²) in [5, 5.41) is 0.487. The molecule has 2 aromatic carbocycles. The van der Waals surface area contributed by atoms with Crippen molar-refractivity contribution in [1.82, 2.24) is 0 Å². The maximum absolute atomic E-state index is 13.7. The van der Waals surface area contributed by atoms with Gasteiger partial charge >= 0.3 is 0 Å². The van der Waals surface area contributed by atoms with E-state index >= 15 is 0 Å². The van der Waals surface area contributed by atoms with E-state index in [9.17, 15) is 9.18 Å². The van der Waals surface area contributed by atoms with E-state index in [1.165, 1.54) is 19.2 Å². The van der Waals surface area contributed by atoms with Crippen molar-refractivity contribution in [3.05, 3.63) is 52.8 Å². The number of carbonyl (C=O) groups is 1. The summed E-state index contributed by atoms with van der Waals surface area (Å²) < 4.78 is 24.2. The molecule has 0 amide bonds. The number of halogens is 2. The van der Waals surface area contributed by atoms with Gasteiger partial charge in [0.15, 0.2) is 23.1 Å². The second-order valence-corrected chi connectivity index (χ2v) is 4.14. The van der Waals surface area contributed by atoms with Gasteiger partial charge in [-0.05, 0) is 30.3 Å². The second kappa shape index (κ2) is 5.71. The number of ether oxygens (including phenoxy) is 2. The summed E-state index contributed by atoms with van der Waals surface area (Å²) in [4.78, 5) is 10.5. The molecule has 0 bridgehead atoms. The number of methoxy groups -OCH3 is 1. The van der Waals surface area contributed by atoms with Crippen molar-refractivity contribution in [1.29, 1.82) is 0 Å². The molecule has 0 heterocycles. The van der Waals surface area contributed by atoms with Crippen LogP contribution in [0.1, 0.15) is 10.4 Å². The molecule has 5 heteroatoms. The smallest absolute Gasteiger partial charge is 0.169 e. The number of benzene rings is 2. The Morgan fingerprint density at radius 3 is 2.47 bits per heavy atom. The Morgan fingerprint density at radius 2 is 1.84 bits per heavy atom. The lowest BCUT2D eigenvalue weighted by Crippen LogP contribution is -1.93. The number of hydrogen-bond donors (Lipinski definition) is 0. The summed E-state index contributed by atoms with van der Waals surface area (Å²) in [6.45, 7) is 0. The van der Waals surface area contributed by atoms with Gasteiger partial charge in [0.2, 0.25) is 0 Å². The van der Waals surface area contributed by atoms with E-state index in [2.05, 4.69) is 0 Å². The van der Waals surface area contributed by atoms with Gasteiger partial charge in [0.05, 0.1) is 7.11 Å². The lowest BCUT2D eigenvalue weighted by Gasteiger charge is -2.11. The van der Waals surface area contributed by atoms with Crippen LogP contribution in [0.25, 0.3) is 0 Å². The predicted molar refractivity (Wildman–Crippen MR) is 69.9 cm³/mol. The van der Waals surface area contributed by atoms with Gasteiger partial charge in [-0.2, -0.15) is 0 Å². The first-order chi connectivity index (χ1) is 9.13. The van der Waals surface area contributed by atoms with Crippen LogP contribution in [0.3, 0.4) is 0 Å². The molecule has 19 heavy (non-hydrogen) atoms. The number of rotatable bonds is 4. The fourth-order valence-corrected chi connectivity index (χ4v) is 1.68. The van der Waals surface area contributed by atoms with E-state index in [0.717, 1.165) is 6.07 Å². The Balaban J connectivity index is 2.33. The van der Waals surface area contributed by atoms with Gasteiger partial charge in [-0.3, -0.25) is 4.79 Å². The second-order valence-electron chi connectivity index (χ2n) is 3.70. The van der Waals surface area contributed by atoms with Crippen molar-refractivity contribution < 1.29 is 18.7 Å². The summed E-state index contributed by atoms with van der Waals surface area (Å²) in [6.07, 6.45) is 0.565. The number of aldehydes is 1. The summed E-state index contributed by atoms with van der Waals surface area (Å²) >= 11 is 5.82. The van der Waals surface area contributed by atoms with Gasteiger partial charge < -0.3 is 9.47 Å². The van der Waals surface area contributed by atoms with Gasteiger partial charge in [-0.1, -0.05) is 11.6 Å². The first-order valence-corrected chi connectivity index (χ1v) is 5.78. The minimum absolute atomic E-state index is 0.00576. The van der Waals surface area contributed by atoms with Crippen LogP contribution in [0.5, 0.6) is 17.2 Å². The first kappa shape index (κ1) is 13.4. The molecule has 0 radical (unpaired) electrons. The molecule has 0 fully saturated rings. The summed E-state index contributed by atoms with van der Waals surface area (Å²) in [5.74, 6) is 0.115. The SMILES string of the molecule is COc1cc(Cl)ccc1Oc1ccc(C=O)cc1F. The highest BCUT2D eigenvalue weighted by Crippen LogP contribution is 2.34. The van der Waals surface area contributed by atoms with Crippen molar-refractivity contribution >= 4 is 17.9 Å². The Hall–Kier alpha value is -2.07. The van der Waals surface area contributed by atoms with E-state index in [1.54, 1.807) is 18.2 Å². The lowest BCUT2D eigenvalue weighted by atomic mass is 10.2. The van der Waals surface area contributed by atoms with E-state index in [0.29, 0.717) is 22.8 Å². The highest BCUT2D eigenvalue weighted by molar-refractivity contribution is 6.30. The van der Waals surface area contributed by atoms with Crippen LogP contribution in [0, 0.1) is 5.82 Å². The Morgan fingerprint density at radius 1 is 1.11 bits per heavy atom. The molecule has 0 aliphatic carbocycles. The van der Waals surface area contributed by atoms with Gasteiger partial charge in [-0.25, -0.2) is 4.39 Å². The predicted octanol–water partition coefficient (Wildman–Crippen LogP) is 4.09. The molecule has 0 saturated carbocycles. The molecular formula is C14H10ClFO3. The lowest BCUT2D eigenvalue weighted by molar-refractivity contribution is 0.112. The third kappa shape index (κ3) is 3.03. The van der Waals surface area contributed by atoms with E-state index in [1.807, 2.05) is 0 Å². The van der Waals surface area contributed by atoms with Gasteiger partial charge in [-0.15, -0.1) is 0 Å². The highest BCUT2D eigenvalue weighted by atomic mass is 35.5. The molecule has 3 nitrogen and oxygen atoms in total. The fourth-order valence-electron chi connectivity index (χ4n) is 1.52. The zero-order valence-electron chi connectivity index (χ0n) is 10.0. The van der Waals surface area contributed by atoms with Crippen LogP contribution in [-0.4, -0.2) is 13.4 Å². The Kier molecular flexibility index (Phi) is 4.02. The number of hydrogen-bond acceptors (Lipinski definition) is 3. The quantitative estimate of drug-likeness (QED) is 0.791. The van der Waals surface area contributed by atoms with Crippen molar-refractivity contribution in [3.63, 3.8) is 0 Å². The summed E-state index contributed by atoms with van der Waals surface area (Å²) in [6, 6.07) is 8.70. The topological polar surface area (TPSA) is 35.5 Å². The van der Waals surface area contributed by atoms with Crippen LogP contribution < -0.4 is 9.47 Å². The molecule has 2 rings (SSSR count). The number of carbonyl (C=O) groups excluding carboxylic acids is 1. The fraction of sp³-hybridized carbons (Fsp3) is 0.0714. The van der Waals surface area contributed by atoms with Crippen LogP contribution >= 0.6 is 11.6 Å². The summed E-state index contributed by atoms with van der Waals surface area (Å²) in [5.41, 5.74) is 0.243. The van der Waals surface area contributed by atoms with Crippen LogP contribution in [0.15, 0.2) is 36.4 Å². The maximum atomic E-state index is 13.7. The third-order valence-electron chi connectivity index (χ3n) is 2.44. The van der Waals surface area contributed by atoms with Crippen LogP contribution in [-0.2, 0) is 0 Å². The van der Waals surface area contributed by atoms with Crippen molar-refractivity contribution in [2.45, 2.75) is 0 Å². The van der Waals surface area contributed by atoms with E-state index in [4.69, 9.17) is 21.1 Å². The molecule has 2 aromatic rings. The summed E-state index contributed by atoms with van der Waals surface area (Å²) in [7, 11) is 1.46. The van der Waals surface area contributed by atoms with Crippen molar-refractivity contribution in [3.8, 4) is 17.2 Å². The average molecular weight is 281 g/mol. The molecule has 0 N–H and O–H groups in total. The third-order valence-corrected chi connectivity index (χ3v) is 2.67. The Labute approximate surface area is 114 Å². The molecule has 0 aromatic heterocycles. The van der Waals surface area contributed by atoms with Crippen LogP contribution in [0.2, 0.25) is 5.02 Å². The molecule has 0 aliphatic rings. The average Bonchev–Trinajstić information content (AvgIpc) is 2.42. The largest absolute Gasteiger partial charge is 0.493 e. The molecular weight excluding hydrogens is 271 g/mol. The minimum atomic E-state index is -0.624. The molecule has 0 spiro atoms. The van der Waals surface area contributed by atoms with E-state index < -0.39 is 5.82 Å². The molecule has 98 valence electrons. The zero-order chi connectivity index (χ0) is 13.8. The molecule has 0 saturated heterocycles. The van der Waals surface area contributed by atoms with E-state index in [-0.39, 0.29) is 11.3 Å². The van der Waals surface area contributed by atoms with Crippen LogP contribution in [0.4, 0.5) is 4.39 Å². The molecule has 0 unspecified atom stereocenters. The normalized spacial score (nSPS) is 10.1. The monoisotopic (exact) mass is 280 g/mol. The van der Waals surface area contributed by atoms with Gasteiger partial charge in [0, 0.05) is 16.7 Å². The maximum Gasteiger partial charge on any atom is 0.169 e. The molecule has 0 atom stereocenters. The first-order valence-electron chi connectivity index (χ1n) is 5.40. The van der Waals surface area contributed by atoms with Gasteiger partial charge in [0.1, 0.15) is 6.29 Å². The zero-order valence-corrected chi connectivity index (χ0v) is 10.8. The Bertz CT molecular complexity index is 614.